The van der Waals surface area contributed by atoms with Crippen LogP contribution in [0.4, 0.5) is 4.79 Å². The van der Waals surface area contributed by atoms with Gasteiger partial charge >= 0.3 is 6.09 Å². The van der Waals surface area contributed by atoms with Crippen molar-refractivity contribution in [2.45, 2.75) is 56.7 Å². The van der Waals surface area contributed by atoms with Gasteiger partial charge in [0.05, 0.1) is 18.4 Å². The number of ether oxygens (including phenoxy) is 2. The molecular formula is C20H25ClN6O4S. The molecule has 0 radical (unpaired) electrons. The highest BCUT2D eigenvalue weighted by Crippen LogP contribution is 2.31. The molecule has 2 heterocycles. The molecule has 0 unspecified atom stereocenters. The molecule has 0 spiro atoms. The molecule has 1 amide bonds. The lowest BCUT2D eigenvalue weighted by Crippen LogP contribution is -2.44. The first-order valence-corrected chi connectivity index (χ1v) is 11.1. The molecule has 3 aromatic rings. The monoisotopic (exact) mass is 480 g/mol. The first kappa shape index (κ1) is 23.9. The number of hydrogen-bond donors (Lipinski definition) is 2. The van der Waals surface area contributed by atoms with Crippen molar-refractivity contribution in [2.24, 2.45) is 0 Å². The Labute approximate surface area is 194 Å². The van der Waals surface area contributed by atoms with E-state index >= 15 is 0 Å². The Bertz CT molecular complexity index is 1090. The maximum absolute atomic E-state index is 12.1. The standard InChI is InChI=1S/C20H25ClN6O4S/c1-19(2,3)30-18(28)24-20(4,5)16-22-14(31-27-16)10-32-17-23-15(25-26-17)12-9-11(21)7-8-13(12)29-6/h7-9H,10H2,1-6H3,(H,24,28)(H,23,25,26). The second-order valence-corrected chi connectivity index (χ2v) is 9.74. The summed E-state index contributed by atoms with van der Waals surface area (Å²) in [5, 5.41) is 14.9. The number of aromatic nitrogens is 5. The third kappa shape index (κ3) is 6.13. The second kappa shape index (κ2) is 9.37. The van der Waals surface area contributed by atoms with Gasteiger partial charge in [0.25, 0.3) is 0 Å². The van der Waals surface area contributed by atoms with Crippen molar-refractivity contribution >= 4 is 29.5 Å². The zero-order valence-electron chi connectivity index (χ0n) is 18.6. The minimum atomic E-state index is -0.879. The minimum Gasteiger partial charge on any atom is -0.496 e. The van der Waals surface area contributed by atoms with Gasteiger partial charge in [-0.1, -0.05) is 28.5 Å². The van der Waals surface area contributed by atoms with E-state index in [4.69, 9.17) is 25.6 Å². The SMILES string of the molecule is COc1ccc(Cl)cc1-c1nc(SCc2nc(C(C)(C)NC(=O)OC(C)(C)C)no2)n[nH]1. The number of halogens is 1. The summed E-state index contributed by atoms with van der Waals surface area (Å²) < 4.78 is 16.0. The largest absolute Gasteiger partial charge is 0.496 e. The van der Waals surface area contributed by atoms with E-state index in [0.717, 1.165) is 0 Å². The molecule has 2 N–H and O–H groups in total. The van der Waals surface area contributed by atoms with Crippen LogP contribution in [0.2, 0.25) is 5.02 Å². The van der Waals surface area contributed by atoms with Crippen LogP contribution >= 0.6 is 23.4 Å². The van der Waals surface area contributed by atoms with Crippen LogP contribution in [0.15, 0.2) is 27.9 Å². The van der Waals surface area contributed by atoms with Crippen LogP contribution < -0.4 is 10.1 Å². The van der Waals surface area contributed by atoms with Crippen molar-refractivity contribution < 1.29 is 18.8 Å². The number of thioether (sulfide) groups is 1. The van der Waals surface area contributed by atoms with Gasteiger partial charge in [0.1, 0.15) is 16.9 Å². The zero-order valence-corrected chi connectivity index (χ0v) is 20.2. The van der Waals surface area contributed by atoms with E-state index < -0.39 is 17.2 Å². The highest BCUT2D eigenvalue weighted by molar-refractivity contribution is 7.98. The van der Waals surface area contributed by atoms with Gasteiger partial charge in [-0.25, -0.2) is 9.78 Å². The number of benzene rings is 1. The molecule has 12 heteroatoms. The van der Waals surface area contributed by atoms with E-state index in [-0.39, 0.29) is 0 Å². The van der Waals surface area contributed by atoms with E-state index in [1.165, 1.54) is 11.8 Å². The zero-order chi connectivity index (χ0) is 23.5. The highest BCUT2D eigenvalue weighted by atomic mass is 35.5. The second-order valence-electron chi connectivity index (χ2n) is 8.36. The summed E-state index contributed by atoms with van der Waals surface area (Å²) in [5.41, 5.74) is -0.784. The summed E-state index contributed by atoms with van der Waals surface area (Å²) in [5.74, 6) is 2.21. The molecule has 0 saturated carbocycles. The summed E-state index contributed by atoms with van der Waals surface area (Å²) in [6.45, 7) is 8.90. The van der Waals surface area contributed by atoms with E-state index in [1.807, 2.05) is 0 Å². The Morgan fingerprint density at radius 2 is 2.00 bits per heavy atom. The number of H-pyrrole nitrogens is 1. The van der Waals surface area contributed by atoms with E-state index in [1.54, 1.807) is 59.9 Å². The molecule has 32 heavy (non-hydrogen) atoms. The van der Waals surface area contributed by atoms with Crippen LogP contribution in [-0.2, 0) is 16.0 Å². The maximum atomic E-state index is 12.1. The molecule has 0 aliphatic heterocycles. The van der Waals surface area contributed by atoms with Gasteiger partial charge in [-0.15, -0.1) is 5.10 Å². The summed E-state index contributed by atoms with van der Waals surface area (Å²) in [6.07, 6.45) is -0.562. The molecule has 3 rings (SSSR count). The molecule has 10 nitrogen and oxygen atoms in total. The molecule has 2 aromatic heterocycles. The smallest absolute Gasteiger partial charge is 0.408 e. The Morgan fingerprint density at radius 1 is 1.25 bits per heavy atom. The minimum absolute atomic E-state index is 0.332. The summed E-state index contributed by atoms with van der Waals surface area (Å²) in [4.78, 5) is 20.9. The fraction of sp³-hybridized carbons (Fsp3) is 0.450. The summed E-state index contributed by atoms with van der Waals surface area (Å²) in [6, 6.07) is 5.25. The van der Waals surface area contributed by atoms with Gasteiger partial charge in [0.2, 0.25) is 11.0 Å². The summed E-state index contributed by atoms with van der Waals surface area (Å²) >= 11 is 7.41. The lowest BCUT2D eigenvalue weighted by Gasteiger charge is -2.26. The van der Waals surface area contributed by atoms with E-state index in [2.05, 4.69) is 30.6 Å². The number of carbonyl (C=O) groups is 1. The fourth-order valence-corrected chi connectivity index (χ4v) is 3.41. The molecule has 0 bridgehead atoms. The topological polar surface area (TPSA) is 128 Å². The van der Waals surface area contributed by atoms with Crippen molar-refractivity contribution in [3.05, 3.63) is 34.9 Å². The van der Waals surface area contributed by atoms with Crippen molar-refractivity contribution in [3.63, 3.8) is 0 Å². The number of rotatable bonds is 7. The van der Waals surface area contributed by atoms with Crippen LogP contribution in [-0.4, -0.2) is 44.1 Å². The highest BCUT2D eigenvalue weighted by Gasteiger charge is 2.31. The number of methoxy groups -OCH3 is 1. The van der Waals surface area contributed by atoms with E-state index in [9.17, 15) is 4.79 Å². The van der Waals surface area contributed by atoms with Crippen LogP contribution in [0.5, 0.6) is 5.75 Å². The number of carbonyl (C=O) groups excluding carboxylic acids is 1. The number of aromatic amines is 1. The summed E-state index contributed by atoms with van der Waals surface area (Å²) in [7, 11) is 1.57. The Kier molecular flexibility index (Phi) is 6.99. The van der Waals surface area contributed by atoms with Gasteiger partial charge in [0, 0.05) is 5.02 Å². The Morgan fingerprint density at radius 3 is 2.69 bits per heavy atom. The maximum Gasteiger partial charge on any atom is 0.408 e. The van der Waals surface area contributed by atoms with Crippen LogP contribution in [0.3, 0.4) is 0 Å². The quantitative estimate of drug-likeness (QED) is 0.467. The van der Waals surface area contributed by atoms with E-state index in [0.29, 0.717) is 44.8 Å². The molecule has 0 fully saturated rings. The Balaban J connectivity index is 1.64. The van der Waals surface area contributed by atoms with Crippen molar-refractivity contribution in [1.29, 1.82) is 0 Å². The fourth-order valence-electron chi connectivity index (χ4n) is 2.60. The number of nitrogens with zero attached hydrogens (tertiary/aromatic N) is 4. The molecule has 0 aliphatic rings. The van der Waals surface area contributed by atoms with Gasteiger partial charge in [-0.05, 0) is 52.8 Å². The molecular weight excluding hydrogens is 456 g/mol. The number of amides is 1. The average molecular weight is 481 g/mol. The van der Waals surface area contributed by atoms with Crippen LogP contribution in [0, 0.1) is 0 Å². The third-order valence-electron chi connectivity index (χ3n) is 4.05. The number of hydrogen-bond acceptors (Lipinski definition) is 9. The average Bonchev–Trinajstić information content (AvgIpc) is 3.34. The molecule has 0 saturated heterocycles. The van der Waals surface area contributed by atoms with Crippen molar-refractivity contribution in [3.8, 4) is 17.1 Å². The first-order chi connectivity index (χ1) is 15.0. The Hall–Kier alpha value is -2.79. The van der Waals surface area contributed by atoms with Gasteiger partial charge < -0.3 is 19.3 Å². The molecule has 172 valence electrons. The van der Waals surface area contributed by atoms with Gasteiger partial charge in [-0.3, -0.25) is 5.10 Å². The molecule has 0 atom stereocenters. The normalized spacial score (nSPS) is 12.0. The van der Waals surface area contributed by atoms with Crippen LogP contribution in [0.1, 0.15) is 46.3 Å². The number of alkyl carbamates (subject to hydrolysis) is 1. The molecule has 0 aliphatic carbocycles. The van der Waals surface area contributed by atoms with Gasteiger partial charge in [0.15, 0.2) is 11.6 Å². The predicted molar refractivity (Wildman–Crippen MR) is 120 cm³/mol. The lowest BCUT2D eigenvalue weighted by atomic mass is 10.1. The third-order valence-corrected chi connectivity index (χ3v) is 5.11. The predicted octanol–water partition coefficient (Wildman–Crippen LogP) is 4.57. The van der Waals surface area contributed by atoms with Crippen molar-refractivity contribution in [2.75, 3.05) is 7.11 Å². The van der Waals surface area contributed by atoms with Crippen molar-refractivity contribution in [1.82, 2.24) is 30.6 Å². The first-order valence-electron chi connectivity index (χ1n) is 9.70. The lowest BCUT2D eigenvalue weighted by molar-refractivity contribution is 0.0465. The molecule has 1 aromatic carbocycles. The van der Waals surface area contributed by atoms with Gasteiger partial charge in [-0.2, -0.15) is 4.98 Å². The van der Waals surface area contributed by atoms with Crippen LogP contribution in [0.25, 0.3) is 11.4 Å². The number of nitrogens with one attached hydrogen (secondary N) is 2.